The van der Waals surface area contributed by atoms with Gasteiger partial charge in [-0.3, -0.25) is 4.79 Å². The minimum Gasteiger partial charge on any atom is -0.494 e. The molecule has 132 valence electrons. The van der Waals surface area contributed by atoms with E-state index in [2.05, 4.69) is 14.8 Å². The van der Waals surface area contributed by atoms with Gasteiger partial charge in [0.25, 0.3) is 0 Å². The first-order valence-corrected chi connectivity index (χ1v) is 9.13. The summed E-state index contributed by atoms with van der Waals surface area (Å²) in [6.45, 7) is 4.18. The van der Waals surface area contributed by atoms with E-state index < -0.39 is 0 Å². The molecule has 2 heterocycles. The number of carbonyl (C=O) groups excluding carboxylic acids is 1. The molecule has 6 nitrogen and oxygen atoms in total. The van der Waals surface area contributed by atoms with Crippen molar-refractivity contribution in [3.05, 3.63) is 42.0 Å². The number of carbonyl (C=O) groups is 1. The van der Waals surface area contributed by atoms with Gasteiger partial charge in [-0.15, -0.1) is 10.2 Å². The average Bonchev–Trinajstić information content (AvgIpc) is 3.15. The number of benzene rings is 1. The summed E-state index contributed by atoms with van der Waals surface area (Å²) in [6.07, 6.45) is 5.68. The monoisotopic (exact) mass is 340 g/mol. The Labute approximate surface area is 147 Å². The van der Waals surface area contributed by atoms with Crippen LogP contribution in [0, 0.1) is 0 Å². The second-order valence-electron chi connectivity index (χ2n) is 6.91. The number of hydrogen-bond donors (Lipinski definition) is 0. The number of amides is 1. The number of rotatable bonds is 6. The van der Waals surface area contributed by atoms with Gasteiger partial charge in [-0.1, -0.05) is 12.1 Å². The van der Waals surface area contributed by atoms with Crippen molar-refractivity contribution >= 4 is 5.91 Å². The zero-order chi connectivity index (χ0) is 17.2. The van der Waals surface area contributed by atoms with Crippen molar-refractivity contribution in [2.75, 3.05) is 19.7 Å². The molecule has 1 aliphatic carbocycles. The van der Waals surface area contributed by atoms with Crippen LogP contribution in [0.3, 0.4) is 0 Å². The molecule has 1 unspecified atom stereocenters. The minimum absolute atomic E-state index is 0.188. The average molecular weight is 340 g/mol. The fourth-order valence-electron chi connectivity index (χ4n) is 3.52. The molecule has 1 amide bonds. The maximum Gasteiger partial charge on any atom is 0.227 e. The standard InChI is InChI=1S/C19H24N4O2/c1-2-25-17-7-3-14(4-8-17)11-18(24)22-10-9-16(12-22)23-13-20-21-19(23)15-5-6-15/h3-4,7-8,13,15-16H,2,5-6,9-12H2,1H3. The topological polar surface area (TPSA) is 60.2 Å². The van der Waals surface area contributed by atoms with Crippen LogP contribution in [-0.2, 0) is 11.2 Å². The molecule has 2 fully saturated rings. The summed E-state index contributed by atoms with van der Waals surface area (Å²) in [5.74, 6) is 2.72. The van der Waals surface area contributed by atoms with Crippen molar-refractivity contribution < 1.29 is 9.53 Å². The lowest BCUT2D eigenvalue weighted by Gasteiger charge is -2.18. The first-order valence-electron chi connectivity index (χ1n) is 9.13. The Kier molecular flexibility index (Phi) is 4.42. The van der Waals surface area contributed by atoms with E-state index >= 15 is 0 Å². The third kappa shape index (κ3) is 3.52. The van der Waals surface area contributed by atoms with Crippen LogP contribution in [-0.4, -0.2) is 45.3 Å². The SMILES string of the molecule is CCOc1ccc(CC(=O)N2CCC(n3cnnc3C3CC3)C2)cc1. The molecule has 1 aromatic carbocycles. The summed E-state index contributed by atoms with van der Waals surface area (Å²) in [5, 5.41) is 8.37. The third-order valence-corrected chi connectivity index (χ3v) is 5.04. The highest BCUT2D eigenvalue weighted by Gasteiger charge is 2.34. The molecule has 0 radical (unpaired) electrons. The molecule has 0 spiro atoms. The Morgan fingerprint density at radius 2 is 2.04 bits per heavy atom. The Balaban J connectivity index is 1.36. The predicted octanol–water partition coefficient (Wildman–Crippen LogP) is 2.57. The fourth-order valence-corrected chi connectivity index (χ4v) is 3.52. The van der Waals surface area contributed by atoms with Crippen molar-refractivity contribution in [3.63, 3.8) is 0 Å². The number of likely N-dealkylation sites (tertiary alicyclic amines) is 1. The van der Waals surface area contributed by atoms with Gasteiger partial charge in [0.15, 0.2) is 0 Å². The molecule has 0 bridgehead atoms. The molecule has 2 aromatic rings. The van der Waals surface area contributed by atoms with Gasteiger partial charge in [0, 0.05) is 19.0 Å². The van der Waals surface area contributed by atoms with E-state index in [4.69, 9.17) is 4.74 Å². The van der Waals surface area contributed by atoms with Crippen LogP contribution in [0.15, 0.2) is 30.6 Å². The van der Waals surface area contributed by atoms with E-state index in [1.807, 2.05) is 42.4 Å². The van der Waals surface area contributed by atoms with E-state index in [1.165, 1.54) is 12.8 Å². The molecular weight excluding hydrogens is 316 g/mol. The number of hydrogen-bond acceptors (Lipinski definition) is 4. The smallest absolute Gasteiger partial charge is 0.227 e. The van der Waals surface area contributed by atoms with Gasteiger partial charge in [-0.05, 0) is 43.9 Å². The van der Waals surface area contributed by atoms with Gasteiger partial charge in [0.05, 0.1) is 19.1 Å². The summed E-state index contributed by atoms with van der Waals surface area (Å²) < 4.78 is 7.64. The Bertz CT molecular complexity index is 736. The van der Waals surface area contributed by atoms with Crippen molar-refractivity contribution in [1.29, 1.82) is 0 Å². The molecule has 1 saturated heterocycles. The zero-order valence-electron chi connectivity index (χ0n) is 14.6. The lowest BCUT2D eigenvalue weighted by atomic mass is 10.1. The van der Waals surface area contributed by atoms with Gasteiger partial charge in [0.1, 0.15) is 17.9 Å². The van der Waals surface area contributed by atoms with Crippen molar-refractivity contribution in [1.82, 2.24) is 19.7 Å². The molecule has 6 heteroatoms. The molecule has 1 saturated carbocycles. The fraction of sp³-hybridized carbons (Fsp3) is 0.526. The van der Waals surface area contributed by atoms with Crippen LogP contribution >= 0.6 is 0 Å². The van der Waals surface area contributed by atoms with E-state index in [0.29, 0.717) is 25.0 Å². The highest BCUT2D eigenvalue weighted by atomic mass is 16.5. The summed E-state index contributed by atoms with van der Waals surface area (Å²) in [5.41, 5.74) is 1.03. The highest BCUT2D eigenvalue weighted by Crippen LogP contribution is 2.40. The zero-order valence-corrected chi connectivity index (χ0v) is 14.6. The second-order valence-corrected chi connectivity index (χ2v) is 6.91. The van der Waals surface area contributed by atoms with Crippen LogP contribution in [0.1, 0.15) is 49.5 Å². The molecule has 1 atom stereocenters. The lowest BCUT2D eigenvalue weighted by Crippen LogP contribution is -2.30. The first-order chi connectivity index (χ1) is 12.2. The summed E-state index contributed by atoms with van der Waals surface area (Å²) in [6, 6.07) is 8.12. The molecule has 1 aliphatic heterocycles. The molecule has 0 N–H and O–H groups in total. The van der Waals surface area contributed by atoms with Crippen LogP contribution in [0.4, 0.5) is 0 Å². The Hall–Kier alpha value is -2.37. The minimum atomic E-state index is 0.188. The van der Waals surface area contributed by atoms with Gasteiger partial charge in [0.2, 0.25) is 5.91 Å². The Morgan fingerprint density at radius 3 is 2.76 bits per heavy atom. The van der Waals surface area contributed by atoms with Crippen molar-refractivity contribution in [3.8, 4) is 5.75 Å². The van der Waals surface area contributed by atoms with Crippen LogP contribution in [0.25, 0.3) is 0 Å². The van der Waals surface area contributed by atoms with Crippen LogP contribution in [0.2, 0.25) is 0 Å². The van der Waals surface area contributed by atoms with Gasteiger partial charge < -0.3 is 14.2 Å². The van der Waals surface area contributed by atoms with Gasteiger partial charge in [-0.2, -0.15) is 0 Å². The maximum atomic E-state index is 12.6. The number of ether oxygens (including phenoxy) is 1. The highest BCUT2D eigenvalue weighted by molar-refractivity contribution is 5.79. The normalized spacial score (nSPS) is 20.0. The number of nitrogens with zero attached hydrogens (tertiary/aromatic N) is 4. The molecule has 1 aromatic heterocycles. The second kappa shape index (κ2) is 6.86. The molecule has 25 heavy (non-hydrogen) atoms. The third-order valence-electron chi connectivity index (χ3n) is 5.04. The lowest BCUT2D eigenvalue weighted by molar-refractivity contribution is -0.129. The largest absolute Gasteiger partial charge is 0.494 e. The molecule has 4 rings (SSSR count). The summed E-state index contributed by atoms with van der Waals surface area (Å²) >= 11 is 0. The summed E-state index contributed by atoms with van der Waals surface area (Å²) in [7, 11) is 0. The van der Waals surface area contributed by atoms with Crippen molar-refractivity contribution in [2.24, 2.45) is 0 Å². The van der Waals surface area contributed by atoms with Gasteiger partial charge in [-0.25, -0.2) is 0 Å². The van der Waals surface area contributed by atoms with Crippen LogP contribution in [0.5, 0.6) is 5.75 Å². The quantitative estimate of drug-likeness (QED) is 0.811. The van der Waals surface area contributed by atoms with E-state index in [9.17, 15) is 4.79 Å². The van der Waals surface area contributed by atoms with E-state index in [-0.39, 0.29) is 5.91 Å². The van der Waals surface area contributed by atoms with Crippen molar-refractivity contribution in [2.45, 2.75) is 44.6 Å². The first kappa shape index (κ1) is 16.1. The molecule has 2 aliphatic rings. The molecular formula is C19H24N4O2. The number of aromatic nitrogens is 3. The van der Waals surface area contributed by atoms with Gasteiger partial charge >= 0.3 is 0 Å². The predicted molar refractivity (Wildman–Crippen MR) is 93.5 cm³/mol. The van der Waals surface area contributed by atoms with E-state index in [1.54, 1.807) is 0 Å². The summed E-state index contributed by atoms with van der Waals surface area (Å²) in [4.78, 5) is 14.6. The van der Waals surface area contributed by atoms with E-state index in [0.717, 1.165) is 36.6 Å². The van der Waals surface area contributed by atoms with Crippen LogP contribution < -0.4 is 4.74 Å². The maximum absolute atomic E-state index is 12.6. The Morgan fingerprint density at radius 1 is 1.24 bits per heavy atom.